The second kappa shape index (κ2) is 6.41. The van der Waals surface area contributed by atoms with Gasteiger partial charge in [-0.25, -0.2) is 9.18 Å². The Kier molecular flexibility index (Phi) is 4.59. The summed E-state index contributed by atoms with van der Waals surface area (Å²) < 4.78 is 23.7. The zero-order valence-corrected chi connectivity index (χ0v) is 11.7. The van der Waals surface area contributed by atoms with Crippen molar-refractivity contribution in [2.45, 2.75) is 19.5 Å². The molecular weight excluding hydrogens is 277 g/mol. The van der Waals surface area contributed by atoms with Gasteiger partial charge in [0.1, 0.15) is 17.3 Å². The van der Waals surface area contributed by atoms with Crippen LogP contribution in [0.3, 0.4) is 0 Å². The average Bonchev–Trinajstić information content (AvgIpc) is 2.94. The van der Waals surface area contributed by atoms with E-state index in [0.717, 1.165) is 0 Å². The van der Waals surface area contributed by atoms with Gasteiger partial charge in [0.25, 0.3) is 0 Å². The molecule has 0 saturated carbocycles. The van der Waals surface area contributed by atoms with Gasteiger partial charge in [-0.15, -0.1) is 0 Å². The smallest absolute Gasteiger partial charge is 0.371 e. The van der Waals surface area contributed by atoms with Crippen molar-refractivity contribution >= 4 is 5.97 Å². The van der Waals surface area contributed by atoms with E-state index in [1.54, 1.807) is 12.1 Å². The minimum Gasteiger partial charge on any atom is -0.496 e. The number of nitrogens with one attached hydrogen (secondary N) is 1. The van der Waals surface area contributed by atoms with Crippen LogP contribution in [0.2, 0.25) is 0 Å². The second-order valence-electron chi connectivity index (χ2n) is 4.56. The van der Waals surface area contributed by atoms with Gasteiger partial charge in [-0.05, 0) is 37.3 Å². The first-order chi connectivity index (χ1) is 10.0. The molecule has 2 rings (SSSR count). The molecule has 1 aromatic carbocycles. The van der Waals surface area contributed by atoms with E-state index >= 15 is 0 Å². The lowest BCUT2D eigenvalue weighted by molar-refractivity contribution is 0.0660. The molecule has 1 unspecified atom stereocenters. The molecule has 0 radical (unpaired) electrons. The van der Waals surface area contributed by atoms with Crippen LogP contribution in [0, 0.1) is 5.82 Å². The van der Waals surface area contributed by atoms with Gasteiger partial charge in [0.15, 0.2) is 0 Å². The number of hydrogen-bond acceptors (Lipinski definition) is 4. The van der Waals surface area contributed by atoms with Crippen molar-refractivity contribution in [1.29, 1.82) is 0 Å². The average molecular weight is 293 g/mol. The lowest BCUT2D eigenvalue weighted by atomic mass is 10.1. The van der Waals surface area contributed by atoms with Crippen molar-refractivity contribution in [1.82, 2.24) is 5.32 Å². The van der Waals surface area contributed by atoms with Crippen LogP contribution in [-0.2, 0) is 6.54 Å². The Balaban J connectivity index is 2.05. The number of hydrogen-bond donors (Lipinski definition) is 2. The first-order valence-electron chi connectivity index (χ1n) is 6.40. The Morgan fingerprint density at radius 2 is 2.19 bits per heavy atom. The number of carboxylic acid groups (broad SMARTS) is 1. The molecule has 1 heterocycles. The van der Waals surface area contributed by atoms with Gasteiger partial charge in [-0.2, -0.15) is 0 Å². The van der Waals surface area contributed by atoms with Crippen molar-refractivity contribution in [3.8, 4) is 5.75 Å². The maximum atomic E-state index is 13.3. The highest BCUT2D eigenvalue weighted by Gasteiger charge is 2.14. The number of carboxylic acids is 1. The van der Waals surface area contributed by atoms with Crippen LogP contribution in [0.25, 0.3) is 0 Å². The molecule has 2 N–H and O–H groups in total. The van der Waals surface area contributed by atoms with E-state index in [9.17, 15) is 9.18 Å². The highest BCUT2D eigenvalue weighted by molar-refractivity contribution is 5.84. The third kappa shape index (κ3) is 3.61. The predicted molar refractivity (Wildman–Crippen MR) is 73.9 cm³/mol. The number of methoxy groups -OCH3 is 1. The Hall–Kier alpha value is -2.34. The maximum Gasteiger partial charge on any atom is 0.371 e. The number of aromatic carboxylic acids is 1. The SMILES string of the molecule is COc1ccc(F)cc1C(C)NCc1ccc(C(=O)O)o1. The zero-order chi connectivity index (χ0) is 15.4. The Bertz CT molecular complexity index is 638. The van der Waals surface area contributed by atoms with E-state index < -0.39 is 5.97 Å². The fourth-order valence-electron chi connectivity index (χ4n) is 2.00. The van der Waals surface area contributed by atoms with Gasteiger partial charge < -0.3 is 19.6 Å². The molecule has 0 amide bonds. The van der Waals surface area contributed by atoms with Gasteiger partial charge in [-0.3, -0.25) is 0 Å². The number of benzene rings is 1. The minimum absolute atomic E-state index is 0.109. The van der Waals surface area contributed by atoms with Crippen molar-refractivity contribution in [3.05, 3.63) is 53.2 Å². The van der Waals surface area contributed by atoms with E-state index in [1.807, 2.05) is 6.92 Å². The van der Waals surface area contributed by atoms with Crippen LogP contribution in [0.4, 0.5) is 4.39 Å². The van der Waals surface area contributed by atoms with Crippen molar-refractivity contribution < 1.29 is 23.4 Å². The summed E-state index contributed by atoms with van der Waals surface area (Å²) in [5.74, 6) is -0.480. The summed E-state index contributed by atoms with van der Waals surface area (Å²) in [4.78, 5) is 10.7. The second-order valence-corrected chi connectivity index (χ2v) is 4.56. The van der Waals surface area contributed by atoms with Crippen LogP contribution in [-0.4, -0.2) is 18.2 Å². The molecule has 5 nitrogen and oxygen atoms in total. The van der Waals surface area contributed by atoms with Gasteiger partial charge in [0.2, 0.25) is 5.76 Å². The summed E-state index contributed by atoms with van der Waals surface area (Å²) in [7, 11) is 1.52. The molecule has 112 valence electrons. The Morgan fingerprint density at radius 1 is 1.43 bits per heavy atom. The summed E-state index contributed by atoms with van der Waals surface area (Å²) in [6.07, 6.45) is 0. The lowest BCUT2D eigenvalue weighted by Gasteiger charge is -2.16. The maximum absolute atomic E-state index is 13.3. The van der Waals surface area contributed by atoms with Crippen molar-refractivity contribution in [2.24, 2.45) is 0 Å². The van der Waals surface area contributed by atoms with E-state index in [-0.39, 0.29) is 17.6 Å². The van der Waals surface area contributed by atoms with Crippen LogP contribution in [0.1, 0.15) is 34.8 Å². The van der Waals surface area contributed by atoms with Crippen LogP contribution in [0.15, 0.2) is 34.7 Å². The molecule has 6 heteroatoms. The summed E-state index contributed by atoms with van der Waals surface area (Å²) >= 11 is 0. The lowest BCUT2D eigenvalue weighted by Crippen LogP contribution is -2.18. The number of carbonyl (C=O) groups is 1. The molecule has 1 atom stereocenters. The summed E-state index contributed by atoms with van der Waals surface area (Å²) in [6.45, 7) is 2.19. The third-order valence-electron chi connectivity index (χ3n) is 3.11. The van der Waals surface area contributed by atoms with E-state index in [4.69, 9.17) is 14.3 Å². The summed E-state index contributed by atoms with van der Waals surface area (Å²) in [5.41, 5.74) is 0.683. The van der Waals surface area contributed by atoms with Gasteiger partial charge in [0.05, 0.1) is 13.7 Å². The molecule has 2 aromatic rings. The monoisotopic (exact) mass is 293 g/mol. The quantitative estimate of drug-likeness (QED) is 0.856. The molecule has 0 fully saturated rings. The topological polar surface area (TPSA) is 71.7 Å². The van der Waals surface area contributed by atoms with E-state index in [2.05, 4.69) is 5.32 Å². The molecule has 0 spiro atoms. The Morgan fingerprint density at radius 3 is 2.81 bits per heavy atom. The summed E-state index contributed by atoms with van der Waals surface area (Å²) in [5, 5.41) is 11.9. The first kappa shape index (κ1) is 15.1. The number of rotatable bonds is 6. The van der Waals surface area contributed by atoms with Gasteiger partial charge in [0, 0.05) is 11.6 Å². The van der Waals surface area contributed by atoms with Crippen molar-refractivity contribution in [2.75, 3.05) is 7.11 Å². The zero-order valence-electron chi connectivity index (χ0n) is 11.7. The fourth-order valence-corrected chi connectivity index (χ4v) is 2.00. The number of halogens is 1. The fraction of sp³-hybridized carbons (Fsp3) is 0.267. The molecular formula is C15H16FNO4. The summed E-state index contributed by atoms with van der Waals surface area (Å²) in [6, 6.07) is 7.10. The highest BCUT2D eigenvalue weighted by Crippen LogP contribution is 2.26. The number of ether oxygens (including phenoxy) is 1. The molecule has 0 aliphatic carbocycles. The molecule has 1 aromatic heterocycles. The molecule has 0 aliphatic rings. The largest absolute Gasteiger partial charge is 0.496 e. The molecule has 21 heavy (non-hydrogen) atoms. The predicted octanol–water partition coefficient (Wildman–Crippen LogP) is 2.98. The van der Waals surface area contributed by atoms with E-state index in [1.165, 1.54) is 25.3 Å². The van der Waals surface area contributed by atoms with Crippen LogP contribution < -0.4 is 10.1 Å². The van der Waals surface area contributed by atoms with Crippen LogP contribution >= 0.6 is 0 Å². The minimum atomic E-state index is -1.11. The third-order valence-corrected chi connectivity index (χ3v) is 3.11. The van der Waals surface area contributed by atoms with Gasteiger partial charge in [-0.1, -0.05) is 0 Å². The Labute approximate surface area is 121 Å². The van der Waals surface area contributed by atoms with Crippen LogP contribution in [0.5, 0.6) is 5.75 Å². The first-order valence-corrected chi connectivity index (χ1v) is 6.40. The standard InChI is InChI=1S/C15H16FNO4/c1-9(12-7-10(16)3-5-13(12)20-2)17-8-11-4-6-14(21-11)15(18)19/h3-7,9,17H,8H2,1-2H3,(H,18,19). The van der Waals surface area contributed by atoms with Crippen molar-refractivity contribution in [3.63, 3.8) is 0 Å². The van der Waals surface area contributed by atoms with E-state index in [0.29, 0.717) is 23.6 Å². The van der Waals surface area contributed by atoms with Gasteiger partial charge >= 0.3 is 5.97 Å². The number of furan rings is 1. The molecule has 0 bridgehead atoms. The molecule has 0 saturated heterocycles. The molecule has 0 aliphatic heterocycles. The normalized spacial score (nSPS) is 12.1. The highest BCUT2D eigenvalue weighted by atomic mass is 19.1.